The Morgan fingerprint density at radius 3 is 2.80 bits per heavy atom. The summed E-state index contributed by atoms with van der Waals surface area (Å²) in [4.78, 5) is 18.6. The number of benzene rings is 1. The zero-order chi connectivity index (χ0) is 17.1. The lowest BCUT2D eigenvalue weighted by atomic mass is 10.2. The number of pyridine rings is 1. The Morgan fingerprint density at radius 2 is 2.00 bits per heavy atom. The van der Waals surface area contributed by atoms with E-state index in [1.165, 1.54) is 0 Å². The first kappa shape index (κ1) is 15.7. The molecule has 0 saturated carbocycles. The Labute approximate surface area is 144 Å². The van der Waals surface area contributed by atoms with E-state index in [1.807, 2.05) is 23.1 Å². The maximum Gasteiger partial charge on any atom is 0.200 e. The van der Waals surface area contributed by atoms with Gasteiger partial charge in [0.25, 0.3) is 0 Å². The van der Waals surface area contributed by atoms with E-state index in [1.54, 1.807) is 30.5 Å². The molecule has 1 fully saturated rings. The molecule has 6 heteroatoms. The molecule has 1 saturated heterocycles. The number of fused-ring (bicyclic) bond motifs is 1. The normalized spacial score (nSPS) is 14.6. The summed E-state index contributed by atoms with van der Waals surface area (Å²) in [6.45, 7) is 3.05. The molecule has 0 radical (unpaired) electrons. The topological polar surface area (TPSA) is 64.8 Å². The highest BCUT2D eigenvalue weighted by Crippen LogP contribution is 2.24. The van der Waals surface area contributed by atoms with Crippen molar-refractivity contribution in [1.29, 1.82) is 0 Å². The van der Waals surface area contributed by atoms with E-state index in [9.17, 15) is 4.79 Å². The molecule has 4 rings (SSSR count). The second kappa shape index (κ2) is 6.94. The molecule has 1 aromatic carbocycles. The van der Waals surface area contributed by atoms with Gasteiger partial charge < -0.3 is 18.8 Å². The predicted octanol–water partition coefficient (Wildman–Crippen LogP) is 2.60. The summed E-state index contributed by atoms with van der Waals surface area (Å²) in [5, 5.41) is 0.544. The molecule has 1 aliphatic rings. The predicted molar refractivity (Wildman–Crippen MR) is 94.1 cm³/mol. The van der Waals surface area contributed by atoms with E-state index in [2.05, 4.69) is 4.98 Å². The lowest BCUT2D eigenvalue weighted by Crippen LogP contribution is -2.36. The average Bonchev–Trinajstić information content (AvgIpc) is 2.67. The Kier molecular flexibility index (Phi) is 4.35. The fourth-order valence-corrected chi connectivity index (χ4v) is 2.79. The molecule has 3 heterocycles. The molecule has 6 nitrogen and oxygen atoms in total. The summed E-state index contributed by atoms with van der Waals surface area (Å²) in [6, 6.07) is 12.5. The summed E-state index contributed by atoms with van der Waals surface area (Å²) in [7, 11) is 0. The minimum absolute atomic E-state index is 0.0565. The minimum atomic E-state index is -0.0565. The number of anilines is 1. The van der Waals surface area contributed by atoms with Crippen LogP contribution in [0.4, 0.5) is 5.88 Å². The largest absolute Gasteiger partial charge is 0.487 e. The first-order valence-corrected chi connectivity index (χ1v) is 8.23. The van der Waals surface area contributed by atoms with Crippen LogP contribution in [0.2, 0.25) is 0 Å². The third kappa shape index (κ3) is 3.49. The highest BCUT2D eigenvalue weighted by atomic mass is 16.5. The van der Waals surface area contributed by atoms with Gasteiger partial charge >= 0.3 is 0 Å². The zero-order valence-electron chi connectivity index (χ0n) is 13.7. The molecule has 0 amide bonds. The monoisotopic (exact) mass is 338 g/mol. The maximum atomic E-state index is 12.4. The summed E-state index contributed by atoms with van der Waals surface area (Å²) in [5.74, 6) is 1.21. The van der Waals surface area contributed by atoms with Crippen molar-refractivity contribution >= 4 is 16.9 Å². The van der Waals surface area contributed by atoms with Gasteiger partial charge in [-0.2, -0.15) is 0 Å². The van der Waals surface area contributed by atoms with E-state index in [4.69, 9.17) is 13.9 Å². The van der Waals surface area contributed by atoms with Crippen LogP contribution in [-0.2, 0) is 11.3 Å². The van der Waals surface area contributed by atoms with Crippen molar-refractivity contribution in [2.75, 3.05) is 31.2 Å². The van der Waals surface area contributed by atoms with E-state index < -0.39 is 0 Å². The van der Waals surface area contributed by atoms with Crippen LogP contribution in [0.25, 0.3) is 11.0 Å². The van der Waals surface area contributed by atoms with E-state index in [-0.39, 0.29) is 5.43 Å². The molecule has 0 N–H and O–H groups in total. The van der Waals surface area contributed by atoms with Gasteiger partial charge in [-0.15, -0.1) is 0 Å². The van der Waals surface area contributed by atoms with Crippen LogP contribution in [0.15, 0.2) is 57.9 Å². The van der Waals surface area contributed by atoms with Crippen LogP contribution >= 0.6 is 0 Å². The van der Waals surface area contributed by atoms with Gasteiger partial charge in [0.15, 0.2) is 11.3 Å². The molecule has 0 atom stereocenters. The molecule has 3 aromatic rings. The van der Waals surface area contributed by atoms with Gasteiger partial charge in [-0.1, -0.05) is 6.07 Å². The van der Waals surface area contributed by atoms with E-state index >= 15 is 0 Å². The minimum Gasteiger partial charge on any atom is -0.487 e. The van der Waals surface area contributed by atoms with E-state index in [0.717, 1.165) is 5.69 Å². The number of ether oxygens (including phenoxy) is 2. The number of rotatable bonds is 4. The molecule has 0 bridgehead atoms. The molecule has 2 aromatic heterocycles. The summed E-state index contributed by atoms with van der Waals surface area (Å²) in [6.07, 6.45) is 1.73. The zero-order valence-corrected chi connectivity index (χ0v) is 13.7. The first-order chi connectivity index (χ1) is 12.3. The van der Waals surface area contributed by atoms with Crippen LogP contribution in [0.5, 0.6) is 5.75 Å². The quantitative estimate of drug-likeness (QED) is 0.729. The fourth-order valence-electron chi connectivity index (χ4n) is 2.79. The Bertz CT molecular complexity index is 918. The van der Waals surface area contributed by atoms with Crippen molar-refractivity contribution in [3.05, 3.63) is 64.6 Å². The molecule has 0 aliphatic carbocycles. The van der Waals surface area contributed by atoms with Gasteiger partial charge in [-0.25, -0.2) is 0 Å². The third-order valence-electron chi connectivity index (χ3n) is 4.12. The van der Waals surface area contributed by atoms with Gasteiger partial charge in [0.2, 0.25) is 0 Å². The highest BCUT2D eigenvalue weighted by Gasteiger charge is 2.15. The van der Waals surface area contributed by atoms with Gasteiger partial charge in [-0.3, -0.25) is 9.78 Å². The van der Waals surface area contributed by atoms with Gasteiger partial charge in [-0.05, 0) is 24.3 Å². The standard InChI is InChI=1S/C19H18N2O4/c22-17-12-19(21-7-9-23-10-8-21)25-18-11-15(4-5-16(17)18)24-13-14-3-1-2-6-20-14/h1-6,11-12H,7-10,13H2. The maximum absolute atomic E-state index is 12.4. The van der Waals surface area contributed by atoms with Crippen molar-refractivity contribution in [1.82, 2.24) is 4.98 Å². The molecule has 0 unspecified atom stereocenters. The summed E-state index contributed by atoms with van der Waals surface area (Å²) in [5.41, 5.74) is 1.30. The lowest BCUT2D eigenvalue weighted by molar-refractivity contribution is 0.121. The van der Waals surface area contributed by atoms with Crippen molar-refractivity contribution in [3.8, 4) is 5.75 Å². The van der Waals surface area contributed by atoms with Crippen LogP contribution < -0.4 is 15.1 Å². The molecular formula is C19H18N2O4. The second-order valence-corrected chi connectivity index (χ2v) is 5.82. The fraction of sp³-hybridized carbons (Fsp3) is 0.263. The van der Waals surface area contributed by atoms with Gasteiger partial charge in [0, 0.05) is 31.4 Å². The van der Waals surface area contributed by atoms with Crippen LogP contribution in [-0.4, -0.2) is 31.3 Å². The number of morpholine rings is 1. The highest BCUT2D eigenvalue weighted by molar-refractivity contribution is 5.79. The average molecular weight is 338 g/mol. The molecule has 0 spiro atoms. The van der Waals surface area contributed by atoms with Crippen molar-refractivity contribution in [2.24, 2.45) is 0 Å². The molecule has 128 valence electrons. The smallest absolute Gasteiger partial charge is 0.200 e. The SMILES string of the molecule is O=c1cc(N2CCOCC2)oc2cc(OCc3ccccn3)ccc12. The lowest BCUT2D eigenvalue weighted by Gasteiger charge is -2.27. The molecule has 1 aliphatic heterocycles. The third-order valence-corrected chi connectivity index (χ3v) is 4.12. The summed E-state index contributed by atoms with van der Waals surface area (Å²) >= 11 is 0. The van der Waals surface area contributed by atoms with Crippen LogP contribution in [0, 0.1) is 0 Å². The summed E-state index contributed by atoms with van der Waals surface area (Å²) < 4.78 is 17.1. The Balaban J connectivity index is 1.60. The number of aromatic nitrogens is 1. The number of nitrogens with zero attached hydrogens (tertiary/aromatic N) is 2. The van der Waals surface area contributed by atoms with Crippen LogP contribution in [0.3, 0.4) is 0 Å². The number of hydrogen-bond acceptors (Lipinski definition) is 6. The van der Waals surface area contributed by atoms with Crippen molar-refractivity contribution in [2.45, 2.75) is 6.61 Å². The number of hydrogen-bond donors (Lipinski definition) is 0. The molecular weight excluding hydrogens is 320 g/mol. The first-order valence-electron chi connectivity index (χ1n) is 8.23. The van der Waals surface area contributed by atoms with E-state index in [0.29, 0.717) is 55.5 Å². The van der Waals surface area contributed by atoms with Gasteiger partial charge in [0.05, 0.1) is 24.3 Å². The van der Waals surface area contributed by atoms with Crippen molar-refractivity contribution in [3.63, 3.8) is 0 Å². The Morgan fingerprint density at radius 1 is 1.12 bits per heavy atom. The van der Waals surface area contributed by atoms with Crippen LogP contribution in [0.1, 0.15) is 5.69 Å². The van der Waals surface area contributed by atoms with Crippen molar-refractivity contribution < 1.29 is 13.9 Å². The molecule has 25 heavy (non-hydrogen) atoms. The van der Waals surface area contributed by atoms with Gasteiger partial charge in [0.1, 0.15) is 17.9 Å². The Hall–Kier alpha value is -2.86. The second-order valence-electron chi connectivity index (χ2n) is 5.82.